The van der Waals surface area contributed by atoms with E-state index < -0.39 is 53.6 Å². The number of carbonyl (C=O) groups excluding carboxylic acids is 6. The summed E-state index contributed by atoms with van der Waals surface area (Å²) in [4.78, 5) is 77.6. The van der Waals surface area contributed by atoms with Crippen LogP contribution < -0.4 is 49.1 Å². The largest absolute Gasteiger partial charge is 0.370 e. The van der Waals surface area contributed by atoms with Gasteiger partial charge in [0.25, 0.3) is 0 Å². The number of guanidine groups is 2. The second-order valence-corrected chi connectivity index (χ2v) is 15.5. The molecule has 4 atom stereocenters. The number of hydrogen-bond donors (Lipinski definition) is 11. The Morgan fingerprint density at radius 2 is 0.912 bits per heavy atom. The normalized spacial score (nSPS) is 13.1. The Morgan fingerprint density at radius 1 is 0.509 bits per heavy atom. The number of Topliss-reactive ketones (excluding diaryl/α,β-unsaturated/α-hetero) is 1. The van der Waals surface area contributed by atoms with E-state index >= 15 is 0 Å². The van der Waals surface area contributed by atoms with E-state index in [-0.39, 0.29) is 68.8 Å². The number of unbranched alkanes of at least 4 members (excludes halogenated alkanes) is 12. The minimum absolute atomic E-state index is 0.0105. The quantitative estimate of drug-likeness (QED) is 0.0253. The number of amides is 5. The number of ketones is 1. The van der Waals surface area contributed by atoms with Gasteiger partial charge in [0, 0.05) is 25.9 Å². The lowest BCUT2D eigenvalue weighted by atomic mass is 10.0. The van der Waals surface area contributed by atoms with Gasteiger partial charge in [-0.3, -0.25) is 39.6 Å². The monoisotopic (exact) mass is 808 g/mol. The van der Waals surface area contributed by atoms with Gasteiger partial charge in [0.05, 0.1) is 6.04 Å². The van der Waals surface area contributed by atoms with Crippen LogP contribution in [-0.4, -0.2) is 84.5 Å². The predicted octanol–water partition coefficient (Wildman–Crippen LogP) is 2.83. The van der Waals surface area contributed by atoms with Crippen molar-refractivity contribution < 1.29 is 28.8 Å². The van der Waals surface area contributed by atoms with Gasteiger partial charge < -0.3 is 49.1 Å². The molecule has 17 heteroatoms. The van der Waals surface area contributed by atoms with E-state index in [4.69, 9.17) is 28.0 Å². The molecule has 0 aromatic carbocycles. The molecule has 0 spiro atoms. The highest BCUT2D eigenvalue weighted by Crippen LogP contribution is 2.14. The van der Waals surface area contributed by atoms with Gasteiger partial charge in [-0.2, -0.15) is 0 Å². The lowest BCUT2D eigenvalue weighted by Crippen LogP contribution is -2.58. The maximum absolute atomic E-state index is 13.8. The van der Waals surface area contributed by atoms with Gasteiger partial charge in [-0.25, -0.2) is 0 Å². The van der Waals surface area contributed by atoms with Crippen molar-refractivity contribution in [2.45, 2.75) is 187 Å². The molecule has 0 aromatic rings. The highest BCUT2D eigenvalue weighted by atomic mass is 16.2. The summed E-state index contributed by atoms with van der Waals surface area (Å²) < 4.78 is 0. The Morgan fingerprint density at radius 3 is 1.33 bits per heavy atom. The number of hydrogen-bond acceptors (Lipinski definition) is 8. The van der Waals surface area contributed by atoms with Gasteiger partial charge in [0.2, 0.25) is 29.5 Å². The van der Waals surface area contributed by atoms with E-state index in [1.165, 1.54) is 64.7 Å². The van der Waals surface area contributed by atoms with Crippen LogP contribution in [0, 0.1) is 16.7 Å². The predicted molar refractivity (Wildman–Crippen MR) is 225 cm³/mol. The molecule has 0 fully saturated rings. The zero-order chi connectivity index (χ0) is 43.0. The van der Waals surface area contributed by atoms with Gasteiger partial charge in [0.15, 0.2) is 17.7 Å². The van der Waals surface area contributed by atoms with Crippen molar-refractivity contribution in [2.75, 3.05) is 13.1 Å². The molecule has 0 saturated heterocycles. The molecule has 17 nitrogen and oxygen atoms in total. The topological polar surface area (TPSA) is 300 Å². The molecule has 0 saturated carbocycles. The zero-order valence-electron chi connectivity index (χ0n) is 35.3. The van der Waals surface area contributed by atoms with Gasteiger partial charge in [-0.1, -0.05) is 97.8 Å². The first-order chi connectivity index (χ1) is 27.1. The van der Waals surface area contributed by atoms with Crippen LogP contribution >= 0.6 is 0 Å². The Bertz CT molecular complexity index is 1230. The molecule has 5 amide bonds. The number of primary amides is 1. The third kappa shape index (κ3) is 29.5. The highest BCUT2D eigenvalue weighted by Gasteiger charge is 2.31. The average Bonchev–Trinajstić information content (AvgIpc) is 3.13. The van der Waals surface area contributed by atoms with Crippen molar-refractivity contribution in [3.05, 3.63) is 0 Å². The third-order valence-corrected chi connectivity index (χ3v) is 9.59. The lowest BCUT2D eigenvalue weighted by molar-refractivity contribution is -0.134. The number of carbonyl (C=O) groups is 6. The fraction of sp³-hybridized carbons (Fsp3) is 0.800. The van der Waals surface area contributed by atoms with Gasteiger partial charge in [-0.05, 0) is 57.8 Å². The van der Waals surface area contributed by atoms with Gasteiger partial charge in [0.1, 0.15) is 18.1 Å². The molecule has 14 N–H and O–H groups in total. The van der Waals surface area contributed by atoms with E-state index in [0.717, 1.165) is 19.3 Å². The minimum atomic E-state index is -1.14. The second kappa shape index (κ2) is 32.6. The minimum Gasteiger partial charge on any atom is -0.370 e. The fourth-order valence-corrected chi connectivity index (χ4v) is 6.35. The van der Waals surface area contributed by atoms with Crippen molar-refractivity contribution in [3.63, 3.8) is 0 Å². The summed E-state index contributed by atoms with van der Waals surface area (Å²) in [6, 6.07) is -4.18. The summed E-state index contributed by atoms with van der Waals surface area (Å²) >= 11 is 0. The second-order valence-electron chi connectivity index (χ2n) is 15.5. The first-order valence-electron chi connectivity index (χ1n) is 21.2. The highest BCUT2D eigenvalue weighted by molar-refractivity contribution is 5.95. The Hall–Kier alpha value is -4.44. The molecule has 0 aliphatic carbocycles. The maximum Gasteiger partial charge on any atom is 0.243 e. The molecule has 57 heavy (non-hydrogen) atoms. The first-order valence-corrected chi connectivity index (χ1v) is 21.2. The summed E-state index contributed by atoms with van der Waals surface area (Å²) in [7, 11) is 0. The molecule has 0 aliphatic heterocycles. The average molecular weight is 808 g/mol. The molecular formula is C40H77N11O6. The summed E-state index contributed by atoms with van der Waals surface area (Å²) in [6.07, 6.45) is 16.8. The number of rotatable bonds is 35. The van der Waals surface area contributed by atoms with Crippen LogP contribution in [0.2, 0.25) is 0 Å². The number of nitrogens with one attached hydrogen (secondary N) is 8. The summed E-state index contributed by atoms with van der Waals surface area (Å²) in [5.74, 6) is -3.68. The van der Waals surface area contributed by atoms with E-state index in [9.17, 15) is 28.8 Å². The maximum atomic E-state index is 13.8. The molecule has 0 unspecified atom stereocenters. The van der Waals surface area contributed by atoms with E-state index in [1.54, 1.807) is 0 Å². The summed E-state index contributed by atoms with van der Waals surface area (Å²) in [5, 5.41) is 31.1. The Kier molecular flexibility index (Phi) is 30.1. The zero-order valence-corrected chi connectivity index (χ0v) is 35.3. The lowest BCUT2D eigenvalue weighted by Gasteiger charge is -2.27. The van der Waals surface area contributed by atoms with Crippen LogP contribution in [-0.2, 0) is 28.8 Å². The van der Waals surface area contributed by atoms with Crippen LogP contribution in [0.5, 0.6) is 0 Å². The Balaban J connectivity index is 5.57. The SMILES string of the molecule is CCCCCCCCCCCCCCCC(=O)N[C@@H](CCCNC(=N)N)C(=O)N[C@@H](CC(C)C)C(=O)N[C@@H](CCCNC(=N)N)C(=O)N[C@@H](CCC(N)=O)C(C)=O. The molecule has 0 heterocycles. The van der Waals surface area contributed by atoms with E-state index in [2.05, 4.69) is 38.8 Å². The molecule has 0 aromatic heterocycles. The first kappa shape index (κ1) is 52.6. The van der Waals surface area contributed by atoms with Crippen LogP contribution in [0.4, 0.5) is 0 Å². The summed E-state index contributed by atoms with van der Waals surface area (Å²) in [6.45, 7) is 7.80. The van der Waals surface area contributed by atoms with Crippen molar-refractivity contribution >= 4 is 47.2 Å². The van der Waals surface area contributed by atoms with Crippen LogP contribution in [0.3, 0.4) is 0 Å². The number of nitrogens with two attached hydrogens (primary N) is 3. The van der Waals surface area contributed by atoms with Crippen molar-refractivity contribution in [2.24, 2.45) is 23.1 Å². The van der Waals surface area contributed by atoms with Crippen LogP contribution in [0.1, 0.15) is 163 Å². The van der Waals surface area contributed by atoms with E-state index in [0.29, 0.717) is 25.8 Å². The molecule has 0 radical (unpaired) electrons. The van der Waals surface area contributed by atoms with Crippen LogP contribution in [0.15, 0.2) is 0 Å². The molecular weight excluding hydrogens is 731 g/mol. The van der Waals surface area contributed by atoms with Gasteiger partial charge in [-0.15, -0.1) is 0 Å². The van der Waals surface area contributed by atoms with Crippen molar-refractivity contribution in [1.29, 1.82) is 10.8 Å². The molecule has 0 bridgehead atoms. The Labute approximate surface area is 341 Å². The van der Waals surface area contributed by atoms with Gasteiger partial charge >= 0.3 is 0 Å². The van der Waals surface area contributed by atoms with Crippen molar-refractivity contribution in [1.82, 2.24) is 31.9 Å². The summed E-state index contributed by atoms with van der Waals surface area (Å²) in [5.41, 5.74) is 16.0. The standard InChI is InChI=1S/C40H77N11O6/c1-5-6-7-8-9-10-11-12-13-14-15-16-17-22-35(54)48-31(20-18-25-46-39(42)43)36(55)51-33(27-28(2)3)38(57)50-32(21-19-26-47-40(44)45)37(56)49-30(29(4)52)23-24-34(41)53/h28,30-33H,5-27H2,1-4H3,(H2,41,53)(H,48,54)(H,49,56)(H,50,57)(H,51,55)(H4,42,43,46)(H4,44,45,47)/t30-,31-,32-,33-/m0/s1. The molecule has 0 rings (SSSR count). The third-order valence-electron chi connectivity index (χ3n) is 9.59. The smallest absolute Gasteiger partial charge is 0.243 e. The van der Waals surface area contributed by atoms with Crippen molar-refractivity contribution in [3.8, 4) is 0 Å². The van der Waals surface area contributed by atoms with E-state index in [1.807, 2.05) is 13.8 Å². The fourth-order valence-electron chi connectivity index (χ4n) is 6.35. The molecule has 0 aliphatic rings. The van der Waals surface area contributed by atoms with Crippen LogP contribution in [0.25, 0.3) is 0 Å². The molecule has 328 valence electrons.